The van der Waals surface area contributed by atoms with Gasteiger partial charge < -0.3 is 4.74 Å². The van der Waals surface area contributed by atoms with E-state index < -0.39 is 0 Å². The number of hydrogen-bond donors (Lipinski definition) is 0. The zero-order chi connectivity index (χ0) is 9.94. The molecule has 0 amide bonds. The lowest BCUT2D eigenvalue weighted by molar-refractivity contribution is 0.0993. The second-order valence-corrected chi connectivity index (χ2v) is 3.71. The van der Waals surface area contributed by atoms with Gasteiger partial charge in [-0.25, -0.2) is 5.11 Å². The summed E-state index contributed by atoms with van der Waals surface area (Å²) >= 11 is 0. The summed E-state index contributed by atoms with van der Waals surface area (Å²) < 4.78 is 5.49. The van der Waals surface area contributed by atoms with Gasteiger partial charge in [0.1, 0.15) is 0 Å². The van der Waals surface area contributed by atoms with E-state index >= 15 is 0 Å². The fourth-order valence-electron chi connectivity index (χ4n) is 1.06. The highest BCUT2D eigenvalue weighted by molar-refractivity contribution is 4.47. The minimum atomic E-state index is 0.0771. The first-order valence-electron chi connectivity index (χ1n) is 5.47. The quantitative estimate of drug-likeness (QED) is 0.510. The van der Waals surface area contributed by atoms with Crippen LogP contribution in [0.1, 0.15) is 46.0 Å². The fourth-order valence-corrected chi connectivity index (χ4v) is 1.06. The van der Waals surface area contributed by atoms with Crippen LogP contribution < -0.4 is 0 Å². The van der Waals surface area contributed by atoms with Crippen molar-refractivity contribution in [3.8, 4) is 0 Å². The fraction of sp³-hybridized carbons (Fsp3) is 1.00. The summed E-state index contributed by atoms with van der Waals surface area (Å²) in [6.07, 6.45) is 5.33. The molecule has 2 heteroatoms. The van der Waals surface area contributed by atoms with Crippen LogP contribution in [0.4, 0.5) is 0 Å². The average molecular weight is 187 g/mol. The predicted octanol–water partition coefficient (Wildman–Crippen LogP) is 3.04. The molecule has 0 heterocycles. The van der Waals surface area contributed by atoms with Crippen LogP contribution >= 0.6 is 0 Å². The molecular formula is C11H23O2. The standard InChI is InChI=1S/C11H23O2/c1-3-11(2)10-13-9-7-5-4-6-8-12/h11H,3-10H2,1-2H3. The Morgan fingerprint density at radius 3 is 2.46 bits per heavy atom. The number of ether oxygens (including phenoxy) is 1. The molecular weight excluding hydrogens is 164 g/mol. The molecule has 0 spiro atoms. The molecule has 2 nitrogen and oxygen atoms in total. The van der Waals surface area contributed by atoms with Gasteiger partial charge in [0.2, 0.25) is 0 Å². The summed E-state index contributed by atoms with van der Waals surface area (Å²) in [6.45, 7) is 6.22. The van der Waals surface area contributed by atoms with E-state index in [0.29, 0.717) is 5.92 Å². The molecule has 0 aromatic heterocycles. The van der Waals surface area contributed by atoms with Gasteiger partial charge in [-0.3, -0.25) is 0 Å². The monoisotopic (exact) mass is 187 g/mol. The molecule has 0 fully saturated rings. The molecule has 0 aromatic rings. The van der Waals surface area contributed by atoms with Crippen LogP contribution in [0.3, 0.4) is 0 Å². The molecule has 0 aliphatic carbocycles. The first-order valence-corrected chi connectivity index (χ1v) is 5.47. The molecule has 0 aliphatic heterocycles. The minimum absolute atomic E-state index is 0.0771. The number of rotatable bonds is 9. The van der Waals surface area contributed by atoms with E-state index in [1.54, 1.807) is 0 Å². The molecule has 1 atom stereocenters. The molecule has 1 unspecified atom stereocenters. The van der Waals surface area contributed by atoms with Crippen molar-refractivity contribution in [2.75, 3.05) is 19.8 Å². The molecule has 0 bridgehead atoms. The van der Waals surface area contributed by atoms with Gasteiger partial charge in [-0.1, -0.05) is 33.1 Å². The normalized spacial score (nSPS) is 13.2. The summed E-state index contributed by atoms with van der Waals surface area (Å²) in [7, 11) is 0. The highest BCUT2D eigenvalue weighted by atomic mass is 16.5. The Bertz CT molecular complexity index is 94.1. The zero-order valence-corrected chi connectivity index (χ0v) is 9.05. The van der Waals surface area contributed by atoms with Gasteiger partial charge in [-0.05, 0) is 18.8 Å². The number of hydrogen-bond acceptors (Lipinski definition) is 1. The van der Waals surface area contributed by atoms with Crippen LogP contribution in [0.5, 0.6) is 0 Å². The maximum atomic E-state index is 10.1. The summed E-state index contributed by atoms with van der Waals surface area (Å²) in [4.78, 5) is 0. The molecule has 0 N–H and O–H groups in total. The second-order valence-electron chi connectivity index (χ2n) is 3.71. The Morgan fingerprint density at radius 1 is 1.15 bits per heavy atom. The number of unbranched alkanes of at least 4 members (excludes halogenated alkanes) is 3. The molecule has 0 aromatic carbocycles. The van der Waals surface area contributed by atoms with Gasteiger partial charge in [-0.2, -0.15) is 0 Å². The molecule has 79 valence electrons. The van der Waals surface area contributed by atoms with Gasteiger partial charge in [0.25, 0.3) is 0 Å². The third-order valence-electron chi connectivity index (χ3n) is 2.28. The SMILES string of the molecule is CCC(C)COCCCCCC[O]. The molecule has 0 rings (SSSR count). The van der Waals surface area contributed by atoms with E-state index in [2.05, 4.69) is 13.8 Å². The van der Waals surface area contributed by atoms with E-state index in [0.717, 1.165) is 38.9 Å². The van der Waals surface area contributed by atoms with Crippen molar-refractivity contribution in [1.82, 2.24) is 0 Å². The van der Waals surface area contributed by atoms with Gasteiger partial charge in [0.15, 0.2) is 0 Å². The lowest BCUT2D eigenvalue weighted by Crippen LogP contribution is -2.05. The summed E-state index contributed by atoms with van der Waals surface area (Å²) in [5.74, 6) is 0.682. The van der Waals surface area contributed by atoms with Gasteiger partial charge in [0, 0.05) is 13.2 Å². The van der Waals surface area contributed by atoms with Gasteiger partial charge >= 0.3 is 0 Å². The Kier molecular flexibility index (Phi) is 9.94. The van der Waals surface area contributed by atoms with Crippen LogP contribution in [0.15, 0.2) is 0 Å². The smallest absolute Gasteiger partial charge is 0.0822 e. The molecule has 0 aliphatic rings. The van der Waals surface area contributed by atoms with Crippen LogP contribution in [0.25, 0.3) is 0 Å². The third-order valence-corrected chi connectivity index (χ3v) is 2.28. The maximum absolute atomic E-state index is 10.1. The van der Waals surface area contributed by atoms with Crippen molar-refractivity contribution < 1.29 is 9.84 Å². The van der Waals surface area contributed by atoms with Crippen LogP contribution in [-0.4, -0.2) is 19.8 Å². The Hall–Kier alpha value is -0.0800. The summed E-state index contributed by atoms with van der Waals surface area (Å²) in [5.41, 5.74) is 0. The lowest BCUT2D eigenvalue weighted by Gasteiger charge is -2.08. The van der Waals surface area contributed by atoms with Crippen molar-refractivity contribution in [2.24, 2.45) is 5.92 Å². The zero-order valence-electron chi connectivity index (χ0n) is 9.05. The van der Waals surface area contributed by atoms with Crippen LogP contribution in [0.2, 0.25) is 0 Å². The van der Waals surface area contributed by atoms with Crippen molar-refractivity contribution in [3.63, 3.8) is 0 Å². The highest BCUT2D eigenvalue weighted by Gasteiger charge is 1.97. The minimum Gasteiger partial charge on any atom is -0.381 e. The van der Waals surface area contributed by atoms with Crippen molar-refractivity contribution in [3.05, 3.63) is 0 Å². The van der Waals surface area contributed by atoms with E-state index in [9.17, 15) is 5.11 Å². The maximum Gasteiger partial charge on any atom is 0.0822 e. The van der Waals surface area contributed by atoms with Crippen molar-refractivity contribution in [2.45, 2.75) is 46.0 Å². The molecule has 1 radical (unpaired) electrons. The van der Waals surface area contributed by atoms with Gasteiger partial charge in [0.05, 0.1) is 6.61 Å². The topological polar surface area (TPSA) is 29.1 Å². The van der Waals surface area contributed by atoms with E-state index in [4.69, 9.17) is 4.74 Å². The van der Waals surface area contributed by atoms with Gasteiger partial charge in [-0.15, -0.1) is 0 Å². The molecule has 0 saturated carbocycles. The summed E-state index contributed by atoms with van der Waals surface area (Å²) in [6, 6.07) is 0. The average Bonchev–Trinajstić information content (AvgIpc) is 2.16. The summed E-state index contributed by atoms with van der Waals surface area (Å²) in [5, 5.41) is 10.1. The van der Waals surface area contributed by atoms with E-state index in [1.807, 2.05) is 0 Å². The third kappa shape index (κ3) is 9.84. The van der Waals surface area contributed by atoms with Crippen LogP contribution in [0, 0.1) is 5.92 Å². The lowest BCUT2D eigenvalue weighted by atomic mass is 10.1. The largest absolute Gasteiger partial charge is 0.381 e. The van der Waals surface area contributed by atoms with E-state index in [-0.39, 0.29) is 6.61 Å². The van der Waals surface area contributed by atoms with E-state index in [1.165, 1.54) is 6.42 Å². The second kappa shape index (κ2) is 10.0. The van der Waals surface area contributed by atoms with Crippen LogP contribution in [-0.2, 0) is 9.84 Å². The molecule has 13 heavy (non-hydrogen) atoms. The first-order chi connectivity index (χ1) is 6.31. The Labute approximate surface area is 82.3 Å². The Balaban J connectivity index is 2.91. The van der Waals surface area contributed by atoms with Crippen molar-refractivity contribution >= 4 is 0 Å². The Morgan fingerprint density at radius 2 is 1.85 bits per heavy atom. The highest BCUT2D eigenvalue weighted by Crippen LogP contribution is 2.03. The predicted molar refractivity (Wildman–Crippen MR) is 54.3 cm³/mol. The molecule has 0 saturated heterocycles. The van der Waals surface area contributed by atoms with Crippen molar-refractivity contribution in [1.29, 1.82) is 0 Å². The first kappa shape index (κ1) is 12.9.